The van der Waals surface area contributed by atoms with Gasteiger partial charge in [0.2, 0.25) is 0 Å². The van der Waals surface area contributed by atoms with Gasteiger partial charge in [0.15, 0.2) is 5.82 Å². The molecule has 0 bridgehead atoms. The van der Waals surface area contributed by atoms with E-state index in [0.717, 1.165) is 34.6 Å². The van der Waals surface area contributed by atoms with E-state index in [0.29, 0.717) is 22.8 Å². The first-order valence-electron chi connectivity index (χ1n) is 15.0. The monoisotopic (exact) mass is 586 g/mol. The number of hydrogen-bond acceptors (Lipinski definition) is 5. The zero-order valence-corrected chi connectivity index (χ0v) is 25.0. The van der Waals surface area contributed by atoms with E-state index in [1.54, 1.807) is 20.3 Å². The Morgan fingerprint density at radius 3 is 2.38 bits per heavy atom. The first-order valence-corrected chi connectivity index (χ1v) is 15.0. The Morgan fingerprint density at radius 1 is 0.733 bits per heavy atom. The number of allylic oxidation sites excluding steroid dienone is 14. The molecule has 218 valence electrons. The van der Waals surface area contributed by atoms with Crippen molar-refractivity contribution >= 4 is 11.1 Å². The lowest BCUT2D eigenvalue weighted by Gasteiger charge is -2.38. The van der Waals surface area contributed by atoms with Crippen molar-refractivity contribution in [3.8, 4) is 39.9 Å². The fraction of sp³-hybridized carbons (Fsp3) is 0.100. The second kappa shape index (κ2) is 10.8. The van der Waals surface area contributed by atoms with Crippen LogP contribution in [0.2, 0.25) is 0 Å². The van der Waals surface area contributed by atoms with E-state index in [1.807, 2.05) is 60.7 Å². The number of para-hydroxylation sites is 1. The summed E-state index contributed by atoms with van der Waals surface area (Å²) in [5, 5.41) is 11.0. The molecule has 5 nitrogen and oxygen atoms in total. The molecule has 0 spiro atoms. The molecule has 8 rings (SSSR count). The lowest BCUT2D eigenvalue weighted by molar-refractivity contribution is 0.408. The van der Waals surface area contributed by atoms with Gasteiger partial charge < -0.3 is 14.6 Å². The van der Waals surface area contributed by atoms with Crippen LogP contribution in [0.15, 0.2) is 149 Å². The Kier molecular flexibility index (Phi) is 6.45. The SMILES string of the molecule is COc1ccc(-c2cc(C3=CC=C4C=CC5=C6C(=CC=C3C46)CC=C5c3ccccc3OC)nc(-c3ccccc3)n2)c(O)c1. The number of rotatable bonds is 6. The zero-order chi connectivity index (χ0) is 30.5. The fourth-order valence-electron chi connectivity index (χ4n) is 6.82. The second-order valence-corrected chi connectivity index (χ2v) is 11.4. The molecule has 0 saturated heterocycles. The van der Waals surface area contributed by atoms with E-state index in [1.165, 1.54) is 33.4 Å². The summed E-state index contributed by atoms with van der Waals surface area (Å²) in [5.41, 5.74) is 12.7. The number of aromatic nitrogens is 2. The molecule has 1 heterocycles. The first kappa shape index (κ1) is 26.9. The van der Waals surface area contributed by atoms with Gasteiger partial charge in [-0.3, -0.25) is 0 Å². The highest BCUT2D eigenvalue weighted by Gasteiger charge is 2.37. The van der Waals surface area contributed by atoms with Crippen LogP contribution in [0.3, 0.4) is 0 Å². The molecule has 45 heavy (non-hydrogen) atoms. The Morgan fingerprint density at radius 2 is 1.56 bits per heavy atom. The van der Waals surface area contributed by atoms with E-state index < -0.39 is 0 Å². The van der Waals surface area contributed by atoms with Crippen molar-refractivity contribution in [3.05, 3.63) is 161 Å². The van der Waals surface area contributed by atoms with E-state index in [2.05, 4.69) is 54.7 Å². The van der Waals surface area contributed by atoms with Crippen molar-refractivity contribution in [2.24, 2.45) is 5.92 Å². The third-order valence-corrected chi connectivity index (χ3v) is 8.96. The van der Waals surface area contributed by atoms with Crippen molar-refractivity contribution in [1.82, 2.24) is 9.97 Å². The summed E-state index contributed by atoms with van der Waals surface area (Å²) in [7, 11) is 3.32. The van der Waals surface area contributed by atoms with Gasteiger partial charge >= 0.3 is 0 Å². The standard InChI is InChI=1S/C40H30N2O3/c1-44-27-16-21-33(36(43)22-27)35-23-34(41-40(42-35)26-8-4-3-5-9-26)29-18-13-25-14-19-31-28(30-10-6-7-11-37(30)45-2)17-12-24-15-20-32(29)39(25)38(24)31/h3-11,13-23,39,43H,12H2,1-2H3. The van der Waals surface area contributed by atoms with Gasteiger partial charge in [0, 0.05) is 34.2 Å². The van der Waals surface area contributed by atoms with Gasteiger partial charge in [0.05, 0.1) is 25.6 Å². The largest absolute Gasteiger partial charge is 0.507 e. The number of phenols is 1. The molecule has 4 aliphatic rings. The minimum Gasteiger partial charge on any atom is -0.507 e. The van der Waals surface area contributed by atoms with Crippen molar-refractivity contribution in [3.63, 3.8) is 0 Å². The van der Waals surface area contributed by atoms with Crippen molar-refractivity contribution in [2.75, 3.05) is 14.2 Å². The molecule has 3 aromatic carbocycles. The topological polar surface area (TPSA) is 64.5 Å². The maximum absolute atomic E-state index is 11.0. The Bertz CT molecular complexity index is 2110. The Hall–Kier alpha value is -5.68. The van der Waals surface area contributed by atoms with Crippen LogP contribution >= 0.6 is 0 Å². The molecule has 4 aliphatic carbocycles. The first-order chi connectivity index (χ1) is 22.1. The predicted molar refractivity (Wildman–Crippen MR) is 179 cm³/mol. The number of methoxy groups -OCH3 is 2. The summed E-state index contributed by atoms with van der Waals surface area (Å²) in [6.07, 6.45) is 16.6. The molecule has 0 aliphatic heterocycles. The van der Waals surface area contributed by atoms with Crippen LogP contribution in [0.4, 0.5) is 0 Å². The molecule has 4 aromatic rings. The number of nitrogens with zero attached hydrogens (tertiary/aromatic N) is 2. The number of aromatic hydroxyl groups is 1. The van der Waals surface area contributed by atoms with Gasteiger partial charge in [-0.25, -0.2) is 9.97 Å². The van der Waals surface area contributed by atoms with Crippen LogP contribution in [-0.4, -0.2) is 29.3 Å². The smallest absolute Gasteiger partial charge is 0.160 e. The van der Waals surface area contributed by atoms with E-state index in [9.17, 15) is 5.11 Å². The number of phenolic OH excluding ortho intramolecular Hbond substituents is 1. The zero-order valence-electron chi connectivity index (χ0n) is 25.0. The maximum Gasteiger partial charge on any atom is 0.160 e. The lowest BCUT2D eigenvalue weighted by Crippen LogP contribution is -2.23. The van der Waals surface area contributed by atoms with E-state index in [4.69, 9.17) is 19.4 Å². The van der Waals surface area contributed by atoms with E-state index >= 15 is 0 Å². The number of benzene rings is 3. The second-order valence-electron chi connectivity index (χ2n) is 11.4. The molecule has 0 saturated carbocycles. The normalized spacial score (nSPS) is 17.8. The summed E-state index contributed by atoms with van der Waals surface area (Å²) in [4.78, 5) is 10.0. The summed E-state index contributed by atoms with van der Waals surface area (Å²) in [5.74, 6) is 2.26. The molecule has 0 fully saturated rings. The molecular formula is C40H30N2O3. The Balaban J connectivity index is 1.27. The minimum atomic E-state index is 0.0939. The summed E-state index contributed by atoms with van der Waals surface area (Å²) in [6.45, 7) is 0. The van der Waals surface area contributed by atoms with Gasteiger partial charge in [-0.1, -0.05) is 91.1 Å². The average Bonchev–Trinajstić information content (AvgIpc) is 3.10. The van der Waals surface area contributed by atoms with Gasteiger partial charge in [-0.2, -0.15) is 0 Å². The summed E-state index contributed by atoms with van der Waals surface area (Å²) < 4.78 is 11.1. The van der Waals surface area contributed by atoms with Crippen molar-refractivity contribution < 1.29 is 14.6 Å². The molecule has 1 N–H and O–H groups in total. The Labute approximate surface area is 262 Å². The van der Waals surface area contributed by atoms with Gasteiger partial charge in [0.1, 0.15) is 17.2 Å². The third-order valence-electron chi connectivity index (χ3n) is 8.96. The van der Waals surface area contributed by atoms with Crippen LogP contribution in [0.1, 0.15) is 17.7 Å². The molecule has 0 amide bonds. The van der Waals surface area contributed by atoms with Crippen LogP contribution in [-0.2, 0) is 0 Å². The summed E-state index contributed by atoms with van der Waals surface area (Å²) in [6, 6.07) is 25.5. The van der Waals surface area contributed by atoms with Gasteiger partial charge in [-0.15, -0.1) is 0 Å². The van der Waals surface area contributed by atoms with Crippen LogP contribution in [0, 0.1) is 5.92 Å². The molecule has 1 aromatic heterocycles. The highest BCUT2D eigenvalue weighted by atomic mass is 16.5. The van der Waals surface area contributed by atoms with Crippen LogP contribution < -0.4 is 9.47 Å². The van der Waals surface area contributed by atoms with Gasteiger partial charge in [-0.05, 0) is 64.1 Å². The molecular weight excluding hydrogens is 556 g/mol. The van der Waals surface area contributed by atoms with Crippen LogP contribution in [0.25, 0.3) is 33.8 Å². The van der Waals surface area contributed by atoms with Crippen LogP contribution in [0.5, 0.6) is 17.2 Å². The highest BCUT2D eigenvalue weighted by Crippen LogP contribution is 2.53. The average molecular weight is 587 g/mol. The highest BCUT2D eigenvalue weighted by molar-refractivity contribution is 5.94. The number of ether oxygens (including phenoxy) is 2. The lowest BCUT2D eigenvalue weighted by atomic mass is 9.65. The molecule has 1 atom stereocenters. The molecule has 0 radical (unpaired) electrons. The number of hydrogen-bond donors (Lipinski definition) is 1. The maximum atomic E-state index is 11.0. The minimum absolute atomic E-state index is 0.0939. The molecule has 5 heteroatoms. The summed E-state index contributed by atoms with van der Waals surface area (Å²) >= 11 is 0. The van der Waals surface area contributed by atoms with Gasteiger partial charge in [0.25, 0.3) is 0 Å². The van der Waals surface area contributed by atoms with Crippen molar-refractivity contribution in [1.29, 1.82) is 0 Å². The van der Waals surface area contributed by atoms with E-state index in [-0.39, 0.29) is 11.7 Å². The van der Waals surface area contributed by atoms with Crippen molar-refractivity contribution in [2.45, 2.75) is 6.42 Å². The third kappa shape index (κ3) is 4.47. The predicted octanol–water partition coefficient (Wildman–Crippen LogP) is 8.69. The molecule has 1 unspecified atom stereocenters. The quantitative estimate of drug-likeness (QED) is 0.245. The fourth-order valence-corrected chi connectivity index (χ4v) is 6.82.